The lowest BCUT2D eigenvalue weighted by atomic mass is 9.64. The molecule has 2 N–H and O–H groups in total. The number of ether oxygens (including phenoxy) is 3. The van der Waals surface area contributed by atoms with E-state index >= 15 is 0 Å². The van der Waals surface area contributed by atoms with E-state index in [1.54, 1.807) is 14.2 Å². The highest BCUT2D eigenvalue weighted by atomic mass is 16.5. The minimum atomic E-state index is -0.844. The number of hydrogen-bond donors (Lipinski definition) is 2. The molecule has 3 aliphatic rings. The number of methoxy groups -OCH3 is 2. The van der Waals surface area contributed by atoms with Gasteiger partial charge in [0.15, 0.2) is 11.5 Å². The van der Waals surface area contributed by atoms with Gasteiger partial charge >= 0.3 is 5.97 Å². The Morgan fingerprint density at radius 3 is 2.70 bits per heavy atom. The summed E-state index contributed by atoms with van der Waals surface area (Å²) in [4.78, 5) is 13.7. The lowest BCUT2D eigenvalue weighted by Gasteiger charge is -2.48. The number of nitrogens with zero attached hydrogens (tertiary/aromatic N) is 1. The van der Waals surface area contributed by atoms with Crippen LogP contribution in [0, 0.1) is 0 Å². The van der Waals surface area contributed by atoms with Crippen molar-refractivity contribution in [1.29, 1.82) is 0 Å². The van der Waals surface area contributed by atoms with Crippen molar-refractivity contribution in [3.8, 4) is 11.5 Å². The summed E-state index contributed by atoms with van der Waals surface area (Å²) in [5, 5.41) is 12.6. The number of hydrogen-bond acceptors (Lipinski definition) is 6. The smallest absolute Gasteiger partial charge is 0.323 e. The highest BCUT2D eigenvalue weighted by molar-refractivity contribution is 5.74. The first-order valence-corrected chi connectivity index (χ1v) is 9.50. The Morgan fingerprint density at radius 1 is 1.26 bits per heavy atom. The Kier molecular flexibility index (Phi) is 4.56. The third kappa shape index (κ3) is 2.88. The SMILES string of the molecule is COc1ccc([C@]23CCN(C)[C@H]2C[C@]2(CC3)NC(C(=O)O)CO2)cc1OC. The van der Waals surface area contributed by atoms with Crippen LogP contribution in [-0.2, 0) is 14.9 Å². The van der Waals surface area contributed by atoms with Crippen molar-refractivity contribution in [3.63, 3.8) is 0 Å². The molecule has 1 aromatic carbocycles. The summed E-state index contributed by atoms with van der Waals surface area (Å²) in [6.07, 6.45) is 3.59. The van der Waals surface area contributed by atoms with Gasteiger partial charge in [-0.2, -0.15) is 0 Å². The number of carbonyl (C=O) groups is 1. The van der Waals surface area contributed by atoms with Crippen molar-refractivity contribution in [2.45, 2.75) is 48.9 Å². The number of rotatable bonds is 4. The Labute approximate surface area is 159 Å². The highest BCUT2D eigenvalue weighted by Crippen LogP contribution is 2.53. The number of likely N-dealkylation sites (tertiary alicyclic amines) is 1. The number of likely N-dealkylation sites (N-methyl/N-ethyl adjacent to an activating group) is 1. The monoisotopic (exact) mass is 376 g/mol. The lowest BCUT2D eigenvalue weighted by molar-refractivity contribution is -0.139. The molecule has 1 aliphatic carbocycles. The zero-order valence-corrected chi connectivity index (χ0v) is 16.2. The molecule has 7 nitrogen and oxygen atoms in total. The van der Waals surface area contributed by atoms with E-state index in [0.717, 1.165) is 43.7 Å². The van der Waals surface area contributed by atoms with E-state index in [0.29, 0.717) is 0 Å². The van der Waals surface area contributed by atoms with Crippen LogP contribution in [0.15, 0.2) is 18.2 Å². The Bertz CT molecular complexity index is 741. The number of carboxylic acid groups (broad SMARTS) is 1. The number of carboxylic acids is 1. The second-order valence-corrected chi connectivity index (χ2v) is 8.02. The fourth-order valence-corrected chi connectivity index (χ4v) is 5.27. The van der Waals surface area contributed by atoms with Crippen molar-refractivity contribution >= 4 is 5.97 Å². The summed E-state index contributed by atoms with van der Waals surface area (Å²) in [5.41, 5.74) is 0.746. The van der Waals surface area contributed by atoms with E-state index in [1.165, 1.54) is 5.56 Å². The van der Waals surface area contributed by atoms with Crippen LogP contribution in [-0.4, -0.2) is 68.2 Å². The van der Waals surface area contributed by atoms with Crippen molar-refractivity contribution in [2.75, 3.05) is 34.4 Å². The molecular weight excluding hydrogens is 348 g/mol. The molecule has 7 heteroatoms. The number of fused-ring (bicyclic) bond motifs is 1. The quantitative estimate of drug-likeness (QED) is 0.826. The van der Waals surface area contributed by atoms with Crippen LogP contribution in [0.1, 0.15) is 31.2 Å². The molecule has 4 rings (SSSR count). The summed E-state index contributed by atoms with van der Waals surface area (Å²) < 4.78 is 16.9. The number of nitrogens with one attached hydrogen (secondary N) is 1. The molecule has 27 heavy (non-hydrogen) atoms. The van der Waals surface area contributed by atoms with Gasteiger partial charge in [0.25, 0.3) is 0 Å². The predicted octanol–water partition coefficient (Wildman–Crippen LogP) is 1.60. The molecule has 1 aromatic rings. The molecule has 4 atom stereocenters. The molecule has 0 amide bonds. The van der Waals surface area contributed by atoms with E-state index in [4.69, 9.17) is 14.2 Å². The van der Waals surface area contributed by atoms with Crippen LogP contribution in [0.3, 0.4) is 0 Å². The van der Waals surface area contributed by atoms with Gasteiger partial charge in [0.05, 0.1) is 20.8 Å². The normalized spacial score (nSPS) is 36.0. The van der Waals surface area contributed by atoms with E-state index in [9.17, 15) is 9.90 Å². The highest BCUT2D eigenvalue weighted by Gasteiger charge is 2.57. The minimum Gasteiger partial charge on any atom is -0.493 e. The molecule has 0 bridgehead atoms. The zero-order valence-electron chi connectivity index (χ0n) is 16.2. The van der Waals surface area contributed by atoms with Crippen LogP contribution in [0.5, 0.6) is 11.5 Å². The molecule has 0 radical (unpaired) electrons. The number of aliphatic carboxylic acids is 1. The summed E-state index contributed by atoms with van der Waals surface area (Å²) in [6.45, 7) is 1.24. The average molecular weight is 376 g/mol. The van der Waals surface area contributed by atoms with Gasteiger partial charge in [-0.3, -0.25) is 10.1 Å². The second kappa shape index (κ2) is 6.65. The van der Waals surface area contributed by atoms with E-state index in [-0.39, 0.29) is 18.1 Å². The predicted molar refractivity (Wildman–Crippen MR) is 99.4 cm³/mol. The molecule has 0 aromatic heterocycles. The minimum absolute atomic E-state index is 0.0197. The second-order valence-electron chi connectivity index (χ2n) is 8.02. The Balaban J connectivity index is 1.65. The first kappa shape index (κ1) is 18.5. The summed E-state index contributed by atoms with van der Waals surface area (Å²) >= 11 is 0. The lowest BCUT2D eigenvalue weighted by Crippen LogP contribution is -2.58. The van der Waals surface area contributed by atoms with Crippen LogP contribution >= 0.6 is 0 Å². The van der Waals surface area contributed by atoms with Crippen molar-refractivity contribution in [2.24, 2.45) is 0 Å². The topological polar surface area (TPSA) is 80.3 Å². The van der Waals surface area contributed by atoms with Crippen LogP contribution < -0.4 is 14.8 Å². The molecule has 1 spiro atoms. The molecule has 148 valence electrons. The van der Waals surface area contributed by atoms with Crippen molar-refractivity contribution < 1.29 is 24.1 Å². The average Bonchev–Trinajstić information content (AvgIpc) is 3.24. The molecule has 1 saturated carbocycles. The van der Waals surface area contributed by atoms with E-state index in [1.807, 2.05) is 6.07 Å². The van der Waals surface area contributed by atoms with Crippen molar-refractivity contribution in [3.05, 3.63) is 23.8 Å². The van der Waals surface area contributed by atoms with Crippen LogP contribution in [0.4, 0.5) is 0 Å². The van der Waals surface area contributed by atoms with E-state index in [2.05, 4.69) is 29.4 Å². The first-order valence-electron chi connectivity index (χ1n) is 9.50. The van der Waals surface area contributed by atoms with Crippen molar-refractivity contribution in [1.82, 2.24) is 10.2 Å². The fraction of sp³-hybridized carbons (Fsp3) is 0.650. The van der Waals surface area contributed by atoms with Crippen LogP contribution in [0.25, 0.3) is 0 Å². The van der Waals surface area contributed by atoms with Gasteiger partial charge < -0.3 is 24.2 Å². The fourth-order valence-electron chi connectivity index (χ4n) is 5.27. The number of benzene rings is 1. The van der Waals surface area contributed by atoms with Gasteiger partial charge in [-0.05, 0) is 50.6 Å². The maximum absolute atomic E-state index is 11.4. The molecule has 2 heterocycles. The van der Waals surface area contributed by atoms with Gasteiger partial charge in [0.2, 0.25) is 0 Å². The van der Waals surface area contributed by atoms with Gasteiger partial charge in [-0.15, -0.1) is 0 Å². The third-order valence-corrected chi connectivity index (χ3v) is 6.80. The van der Waals surface area contributed by atoms with Gasteiger partial charge in [0.1, 0.15) is 11.8 Å². The summed E-state index contributed by atoms with van der Waals surface area (Å²) in [6, 6.07) is 5.89. The first-order chi connectivity index (χ1) is 12.9. The maximum atomic E-state index is 11.4. The Morgan fingerprint density at radius 2 is 2.04 bits per heavy atom. The molecule has 2 saturated heterocycles. The molecular formula is C20H28N2O5. The third-order valence-electron chi connectivity index (χ3n) is 6.80. The van der Waals surface area contributed by atoms with Crippen LogP contribution in [0.2, 0.25) is 0 Å². The maximum Gasteiger partial charge on any atom is 0.323 e. The van der Waals surface area contributed by atoms with Gasteiger partial charge in [-0.1, -0.05) is 6.07 Å². The Hall–Kier alpha value is -1.83. The zero-order chi connectivity index (χ0) is 19.2. The summed E-state index contributed by atoms with van der Waals surface area (Å²) in [5.74, 6) is 0.639. The summed E-state index contributed by atoms with van der Waals surface area (Å²) in [7, 11) is 5.46. The van der Waals surface area contributed by atoms with Gasteiger partial charge in [0, 0.05) is 17.9 Å². The van der Waals surface area contributed by atoms with Gasteiger partial charge in [-0.25, -0.2) is 0 Å². The molecule has 3 fully saturated rings. The largest absolute Gasteiger partial charge is 0.493 e. The molecule has 2 aliphatic heterocycles. The molecule has 1 unspecified atom stereocenters. The standard InChI is InChI=1S/C20H28N2O5/c1-22-9-8-19(13-4-5-15(25-2)16(10-13)26-3)6-7-20(11-17(19)22)21-14(12-27-20)18(23)24/h4-5,10,14,17,21H,6-9,11-12H2,1-3H3,(H,23,24)/t14?,17-,19-,20+/m0/s1. The van der Waals surface area contributed by atoms with E-state index < -0.39 is 17.7 Å².